The summed E-state index contributed by atoms with van der Waals surface area (Å²) in [5, 5.41) is 4.49. The lowest BCUT2D eigenvalue weighted by Gasteiger charge is -2.51. The first kappa shape index (κ1) is 18.8. The molecule has 1 spiro atoms. The summed E-state index contributed by atoms with van der Waals surface area (Å²) >= 11 is 0. The van der Waals surface area contributed by atoms with Crippen LogP contribution in [0.4, 0.5) is 4.79 Å². The van der Waals surface area contributed by atoms with Crippen molar-refractivity contribution >= 4 is 6.09 Å². The summed E-state index contributed by atoms with van der Waals surface area (Å²) in [5.74, 6) is 0.656. The lowest BCUT2D eigenvalue weighted by atomic mass is 9.64. The second-order valence-corrected chi connectivity index (χ2v) is 8.77. The Hall–Kier alpha value is -1.56. The van der Waals surface area contributed by atoms with Crippen molar-refractivity contribution in [3.63, 3.8) is 0 Å². The molecule has 1 amide bonds. The van der Waals surface area contributed by atoms with Crippen LogP contribution in [0.5, 0.6) is 0 Å². The van der Waals surface area contributed by atoms with Crippen LogP contribution in [0.2, 0.25) is 0 Å². The van der Waals surface area contributed by atoms with Crippen LogP contribution in [0, 0.1) is 5.41 Å². The van der Waals surface area contributed by atoms with Gasteiger partial charge in [-0.25, -0.2) is 4.79 Å². The fourth-order valence-corrected chi connectivity index (χ4v) is 5.67. The number of piperidine rings is 1. The second kappa shape index (κ2) is 7.46. The van der Waals surface area contributed by atoms with Gasteiger partial charge in [-0.1, -0.05) is 6.92 Å². The lowest BCUT2D eigenvalue weighted by Crippen LogP contribution is -2.54. The van der Waals surface area contributed by atoms with Crippen molar-refractivity contribution in [2.45, 2.75) is 64.3 Å². The summed E-state index contributed by atoms with van der Waals surface area (Å²) in [6.45, 7) is 8.73. The maximum absolute atomic E-state index is 12.0. The molecule has 6 heteroatoms. The zero-order valence-corrected chi connectivity index (χ0v) is 17.1. The molecule has 3 fully saturated rings. The molecule has 6 nitrogen and oxygen atoms in total. The van der Waals surface area contributed by atoms with Gasteiger partial charge in [0.25, 0.3) is 0 Å². The molecule has 150 valence electrons. The quantitative estimate of drug-likeness (QED) is 0.812. The average molecular weight is 375 g/mol. The summed E-state index contributed by atoms with van der Waals surface area (Å²) in [5.41, 5.74) is 3.25. The molecule has 0 atom stereocenters. The third-order valence-corrected chi connectivity index (χ3v) is 7.18. The van der Waals surface area contributed by atoms with E-state index in [2.05, 4.69) is 28.7 Å². The largest absolute Gasteiger partial charge is 0.450 e. The molecular formula is C21H34N4O2. The van der Waals surface area contributed by atoms with Crippen molar-refractivity contribution < 1.29 is 9.53 Å². The molecular weight excluding hydrogens is 340 g/mol. The third kappa shape index (κ3) is 3.48. The highest BCUT2D eigenvalue weighted by Crippen LogP contribution is 2.51. The van der Waals surface area contributed by atoms with Crippen LogP contribution in [0.3, 0.4) is 0 Å². The number of aromatic nitrogens is 2. The van der Waals surface area contributed by atoms with Gasteiger partial charge in [-0.15, -0.1) is 0 Å². The van der Waals surface area contributed by atoms with Crippen molar-refractivity contribution in [3.8, 4) is 0 Å². The van der Waals surface area contributed by atoms with E-state index in [1.807, 2.05) is 18.0 Å². The van der Waals surface area contributed by atoms with Gasteiger partial charge in [0.05, 0.1) is 12.8 Å². The molecule has 2 aliphatic heterocycles. The van der Waals surface area contributed by atoms with Gasteiger partial charge in [-0.2, -0.15) is 5.10 Å². The van der Waals surface area contributed by atoms with Gasteiger partial charge < -0.3 is 14.5 Å². The van der Waals surface area contributed by atoms with Crippen molar-refractivity contribution in [1.82, 2.24) is 19.6 Å². The van der Waals surface area contributed by atoms with Gasteiger partial charge in [0.1, 0.15) is 0 Å². The van der Waals surface area contributed by atoms with E-state index in [0.717, 1.165) is 25.9 Å². The van der Waals surface area contributed by atoms with E-state index in [-0.39, 0.29) is 6.09 Å². The minimum Gasteiger partial charge on any atom is -0.450 e. The van der Waals surface area contributed by atoms with Gasteiger partial charge in [0.15, 0.2) is 0 Å². The van der Waals surface area contributed by atoms with Crippen LogP contribution >= 0.6 is 0 Å². The Morgan fingerprint density at radius 3 is 2.67 bits per heavy atom. The summed E-state index contributed by atoms with van der Waals surface area (Å²) in [6, 6.07) is 0.713. The fourth-order valence-electron chi connectivity index (χ4n) is 5.67. The molecule has 0 aromatic carbocycles. The molecule has 1 aromatic heterocycles. The number of aryl methyl sites for hydroxylation is 2. The molecule has 0 unspecified atom stereocenters. The molecule has 1 saturated carbocycles. The predicted molar refractivity (Wildman–Crippen MR) is 105 cm³/mol. The first-order chi connectivity index (χ1) is 13.0. The monoisotopic (exact) mass is 374 g/mol. The Balaban J connectivity index is 1.27. The summed E-state index contributed by atoms with van der Waals surface area (Å²) in [7, 11) is 2.09. The molecule has 1 aromatic rings. The van der Waals surface area contributed by atoms with Gasteiger partial charge in [-0.3, -0.25) is 4.68 Å². The number of likely N-dealkylation sites (tertiary alicyclic amines) is 2. The summed E-state index contributed by atoms with van der Waals surface area (Å²) in [6.07, 6.45) is 9.13. The number of amides is 1. The predicted octanol–water partition coefficient (Wildman–Crippen LogP) is 3.17. The van der Waals surface area contributed by atoms with Gasteiger partial charge in [-0.05, 0) is 69.5 Å². The Morgan fingerprint density at radius 2 is 2.00 bits per heavy atom. The van der Waals surface area contributed by atoms with Gasteiger partial charge >= 0.3 is 6.09 Å². The Kier molecular flexibility index (Phi) is 5.19. The summed E-state index contributed by atoms with van der Waals surface area (Å²) in [4.78, 5) is 16.6. The number of hydrogen-bond acceptors (Lipinski definition) is 4. The van der Waals surface area contributed by atoms with Crippen LogP contribution in [0.25, 0.3) is 0 Å². The smallest absolute Gasteiger partial charge is 0.409 e. The first-order valence-corrected chi connectivity index (χ1v) is 10.7. The maximum atomic E-state index is 12.0. The Labute approximate surface area is 162 Å². The summed E-state index contributed by atoms with van der Waals surface area (Å²) < 4.78 is 7.27. The highest BCUT2D eigenvalue weighted by atomic mass is 16.6. The number of ether oxygens (including phenoxy) is 1. The highest BCUT2D eigenvalue weighted by molar-refractivity contribution is 5.68. The van der Waals surface area contributed by atoms with Crippen LogP contribution in [-0.4, -0.2) is 64.5 Å². The molecule has 2 saturated heterocycles. The van der Waals surface area contributed by atoms with E-state index in [0.29, 0.717) is 24.0 Å². The second-order valence-electron chi connectivity index (χ2n) is 8.77. The number of nitrogens with zero attached hydrogens (tertiary/aromatic N) is 4. The first-order valence-electron chi connectivity index (χ1n) is 10.7. The number of carbonyl (C=O) groups is 1. The minimum atomic E-state index is -0.124. The third-order valence-electron chi connectivity index (χ3n) is 7.18. The average Bonchev–Trinajstić information content (AvgIpc) is 3.25. The van der Waals surface area contributed by atoms with Crippen LogP contribution in [0.15, 0.2) is 6.20 Å². The number of carbonyl (C=O) groups excluding carboxylic acids is 1. The fraction of sp³-hybridized carbons (Fsp3) is 0.810. The van der Waals surface area contributed by atoms with E-state index in [1.165, 1.54) is 50.0 Å². The minimum absolute atomic E-state index is 0.124. The van der Waals surface area contributed by atoms with E-state index < -0.39 is 0 Å². The van der Waals surface area contributed by atoms with E-state index >= 15 is 0 Å². The molecule has 27 heavy (non-hydrogen) atoms. The molecule has 1 aliphatic carbocycles. The molecule has 3 heterocycles. The van der Waals surface area contributed by atoms with Crippen LogP contribution in [-0.2, 0) is 18.2 Å². The van der Waals surface area contributed by atoms with Gasteiger partial charge in [0, 0.05) is 37.8 Å². The van der Waals surface area contributed by atoms with E-state index in [1.54, 1.807) is 0 Å². The van der Waals surface area contributed by atoms with Gasteiger partial charge in [0.2, 0.25) is 0 Å². The van der Waals surface area contributed by atoms with Crippen LogP contribution in [0.1, 0.15) is 63.1 Å². The standard InChI is InChI=1S/C21H34N4O2/c1-4-16-14-22-23(3)19(16)17-6-9-24(10-7-17)18-12-21(13-18)8-11-25(15-21)20(26)27-5-2/h14,17-18H,4-13,15H2,1-3H3. The van der Waals surface area contributed by atoms with Crippen molar-refractivity contribution in [2.75, 3.05) is 32.8 Å². The van der Waals surface area contributed by atoms with E-state index in [9.17, 15) is 4.79 Å². The van der Waals surface area contributed by atoms with E-state index in [4.69, 9.17) is 4.74 Å². The maximum Gasteiger partial charge on any atom is 0.409 e. The molecule has 4 rings (SSSR count). The molecule has 0 radical (unpaired) electrons. The number of hydrogen-bond donors (Lipinski definition) is 0. The zero-order valence-electron chi connectivity index (χ0n) is 17.1. The SMILES string of the molecule is CCOC(=O)N1CCC2(CC(N3CCC(c4c(CC)cnn4C)CC3)C2)C1. The van der Waals surface area contributed by atoms with Crippen molar-refractivity contribution in [1.29, 1.82) is 0 Å². The Bertz CT molecular complexity index is 672. The van der Waals surface area contributed by atoms with Crippen LogP contribution < -0.4 is 0 Å². The Morgan fingerprint density at radius 1 is 1.26 bits per heavy atom. The van der Waals surface area contributed by atoms with Crippen molar-refractivity contribution in [2.24, 2.45) is 12.5 Å². The number of rotatable bonds is 4. The highest BCUT2D eigenvalue weighted by Gasteiger charge is 2.51. The van der Waals surface area contributed by atoms with Crippen molar-refractivity contribution in [3.05, 3.63) is 17.5 Å². The lowest BCUT2D eigenvalue weighted by molar-refractivity contribution is -0.00506. The topological polar surface area (TPSA) is 50.6 Å². The molecule has 0 bridgehead atoms. The normalized spacial score (nSPS) is 29.3. The molecule has 0 N–H and O–H groups in total. The molecule has 3 aliphatic rings. The zero-order chi connectivity index (χ0) is 19.0.